The second-order valence-electron chi connectivity index (χ2n) is 9.85. The first kappa shape index (κ1) is 30.6. The van der Waals surface area contributed by atoms with E-state index in [2.05, 4.69) is 27.0 Å². The topological polar surface area (TPSA) is 137 Å². The van der Waals surface area contributed by atoms with Gasteiger partial charge in [-0.3, -0.25) is 19.5 Å². The maximum atomic E-state index is 13.9. The van der Waals surface area contributed by atoms with Crippen LogP contribution in [0.5, 0.6) is 5.75 Å². The number of hydrogen-bond acceptors (Lipinski definition) is 9. The lowest BCUT2D eigenvalue weighted by atomic mass is 9.94. The quantitative estimate of drug-likeness (QED) is 0.142. The molecule has 0 saturated carbocycles. The second-order valence-corrected chi connectivity index (χ2v) is 11.7. The van der Waals surface area contributed by atoms with Gasteiger partial charge in [0.15, 0.2) is 4.80 Å². The van der Waals surface area contributed by atoms with Crippen LogP contribution in [0.4, 0.5) is 5.69 Å². The van der Waals surface area contributed by atoms with Crippen LogP contribution in [0.25, 0.3) is 6.08 Å². The Morgan fingerprint density at radius 1 is 1.20 bits per heavy atom. The molecular weight excluding hydrogens is 648 g/mol. The number of nitriles is 1. The molecule has 0 N–H and O–H groups in total. The van der Waals surface area contributed by atoms with E-state index in [0.29, 0.717) is 47.5 Å². The molecule has 222 valence electrons. The van der Waals surface area contributed by atoms with Crippen molar-refractivity contribution in [3.63, 3.8) is 0 Å². The number of aromatic nitrogens is 1. The van der Waals surface area contributed by atoms with Crippen molar-refractivity contribution >= 4 is 45.0 Å². The van der Waals surface area contributed by atoms with Gasteiger partial charge in [0.1, 0.15) is 12.4 Å². The van der Waals surface area contributed by atoms with Crippen LogP contribution in [0, 0.1) is 28.4 Å². The third kappa shape index (κ3) is 5.97. The van der Waals surface area contributed by atoms with Gasteiger partial charge in [0.25, 0.3) is 11.2 Å². The van der Waals surface area contributed by atoms with Crippen LogP contribution in [-0.2, 0) is 16.1 Å². The number of benzene rings is 3. The number of nitro groups is 1. The molecule has 0 saturated heterocycles. The number of ether oxygens (including phenoxy) is 2. The number of carbonyl (C=O) groups excluding carboxylic acids is 1. The first-order valence-electron chi connectivity index (χ1n) is 13.5. The summed E-state index contributed by atoms with van der Waals surface area (Å²) in [6, 6.07) is 18.4. The zero-order valence-electron chi connectivity index (χ0n) is 23.9. The fourth-order valence-corrected chi connectivity index (χ4v) is 6.44. The number of hydrogen-bond donors (Lipinski definition) is 0. The Morgan fingerprint density at radius 2 is 1.98 bits per heavy atom. The van der Waals surface area contributed by atoms with Gasteiger partial charge in [-0.05, 0) is 72.1 Å². The number of rotatable bonds is 8. The molecule has 1 aliphatic heterocycles. The summed E-state index contributed by atoms with van der Waals surface area (Å²) < 4.78 is 13.6. The van der Waals surface area contributed by atoms with E-state index >= 15 is 0 Å². The maximum Gasteiger partial charge on any atom is 0.338 e. The average Bonchev–Trinajstić information content (AvgIpc) is 3.30. The molecule has 0 unspecified atom stereocenters. The summed E-state index contributed by atoms with van der Waals surface area (Å²) in [4.78, 5) is 43.2. The van der Waals surface area contributed by atoms with Crippen molar-refractivity contribution in [2.24, 2.45) is 4.99 Å². The van der Waals surface area contributed by atoms with Gasteiger partial charge in [-0.2, -0.15) is 5.26 Å². The van der Waals surface area contributed by atoms with Crippen molar-refractivity contribution in [1.29, 1.82) is 5.26 Å². The normalized spacial score (nSPS) is 14.4. The Labute approximate surface area is 264 Å². The van der Waals surface area contributed by atoms with Gasteiger partial charge in [0.05, 0.1) is 49.5 Å². The summed E-state index contributed by atoms with van der Waals surface area (Å²) in [5, 5.41) is 21.1. The third-order valence-electron chi connectivity index (χ3n) is 7.04. The van der Waals surface area contributed by atoms with E-state index in [1.165, 1.54) is 10.6 Å². The molecule has 12 heteroatoms. The molecule has 5 rings (SSSR count). The molecule has 0 bridgehead atoms. The Hall–Kier alpha value is -4.86. The first-order valence-corrected chi connectivity index (χ1v) is 15.1. The fourth-order valence-electron chi connectivity index (χ4n) is 4.89. The van der Waals surface area contributed by atoms with Crippen molar-refractivity contribution in [3.8, 4) is 11.8 Å². The number of nitro benzene ring substituents is 1. The second kappa shape index (κ2) is 12.8. The lowest BCUT2D eigenvalue weighted by Crippen LogP contribution is -2.40. The van der Waals surface area contributed by atoms with Gasteiger partial charge in [0, 0.05) is 17.2 Å². The highest BCUT2D eigenvalue weighted by Gasteiger charge is 2.34. The third-order valence-corrected chi connectivity index (χ3v) is 8.64. The molecule has 4 aromatic rings. The van der Waals surface area contributed by atoms with Gasteiger partial charge in [-0.1, -0.05) is 47.7 Å². The maximum absolute atomic E-state index is 13.9. The molecule has 1 atom stereocenters. The average molecular weight is 674 g/mol. The van der Waals surface area contributed by atoms with Gasteiger partial charge < -0.3 is 9.47 Å². The summed E-state index contributed by atoms with van der Waals surface area (Å²) >= 11 is 4.69. The molecule has 10 nitrogen and oxygen atoms in total. The highest BCUT2D eigenvalue weighted by Crippen LogP contribution is 2.33. The number of aryl methyl sites for hydroxylation is 1. The Morgan fingerprint density at radius 3 is 2.68 bits per heavy atom. The number of esters is 1. The van der Waals surface area contributed by atoms with Crippen LogP contribution in [0.3, 0.4) is 0 Å². The van der Waals surface area contributed by atoms with Crippen molar-refractivity contribution in [2.45, 2.75) is 33.4 Å². The predicted octanol–water partition coefficient (Wildman–Crippen LogP) is 5.23. The number of nitrogens with zero attached hydrogens (tertiary/aromatic N) is 4. The van der Waals surface area contributed by atoms with E-state index < -0.39 is 22.5 Å². The van der Waals surface area contributed by atoms with Gasteiger partial charge >= 0.3 is 5.97 Å². The molecule has 3 aromatic carbocycles. The number of halogens is 1. The Bertz CT molecular complexity index is 2080. The minimum absolute atomic E-state index is 0.111. The van der Waals surface area contributed by atoms with E-state index in [9.17, 15) is 25.0 Å². The highest BCUT2D eigenvalue weighted by molar-refractivity contribution is 9.10. The molecule has 44 heavy (non-hydrogen) atoms. The number of thiazole rings is 1. The number of carbonyl (C=O) groups is 1. The van der Waals surface area contributed by atoms with E-state index in [1.807, 2.05) is 12.1 Å². The Kier molecular flexibility index (Phi) is 8.89. The predicted molar refractivity (Wildman–Crippen MR) is 168 cm³/mol. The van der Waals surface area contributed by atoms with Crippen LogP contribution < -0.4 is 19.6 Å². The van der Waals surface area contributed by atoms with E-state index in [-0.39, 0.29) is 24.5 Å². The minimum atomic E-state index is -0.967. The van der Waals surface area contributed by atoms with E-state index in [1.54, 1.807) is 69.3 Å². The lowest BCUT2D eigenvalue weighted by Gasteiger charge is -2.24. The van der Waals surface area contributed by atoms with Crippen LogP contribution in [0.1, 0.15) is 47.7 Å². The summed E-state index contributed by atoms with van der Waals surface area (Å²) in [7, 11) is 0. The first-order chi connectivity index (χ1) is 21.1. The Balaban J connectivity index is 1.56. The number of fused-ring (bicyclic) bond motifs is 1. The van der Waals surface area contributed by atoms with Crippen LogP contribution in [0.15, 0.2) is 86.2 Å². The summed E-state index contributed by atoms with van der Waals surface area (Å²) in [5.74, 6) is -0.0832. The fraction of sp³-hybridized carbons (Fsp3) is 0.188. The molecule has 0 spiro atoms. The molecule has 2 heterocycles. The smallest absolute Gasteiger partial charge is 0.338 e. The monoisotopic (exact) mass is 672 g/mol. The highest BCUT2D eigenvalue weighted by atomic mass is 79.9. The molecule has 1 aliphatic rings. The standard InChI is InChI=1S/C32H25BrN4O6S/c1-4-42-31(39)28-19(3)35-32-36(29(28)21-11-9-18(2)25(15-21)37(40)41)30(38)27(44-32)14-20-10-12-26(24(33)13-20)43-17-23-8-6-5-7-22(23)16-34/h5-15,29H,4,17H2,1-3H3/b27-14+/t29-/m1/s1. The summed E-state index contributed by atoms with van der Waals surface area (Å²) in [6.07, 6.45) is 1.71. The molecular formula is C32H25BrN4O6S. The van der Waals surface area contributed by atoms with Gasteiger partial charge in [-0.25, -0.2) is 9.79 Å². The van der Waals surface area contributed by atoms with Gasteiger partial charge in [-0.15, -0.1) is 0 Å². The van der Waals surface area contributed by atoms with Crippen molar-refractivity contribution < 1.29 is 19.2 Å². The minimum Gasteiger partial charge on any atom is -0.488 e. The van der Waals surface area contributed by atoms with E-state index in [0.717, 1.165) is 16.9 Å². The van der Waals surface area contributed by atoms with Crippen molar-refractivity contribution in [3.05, 3.63) is 134 Å². The molecule has 1 aromatic heterocycles. The number of allylic oxidation sites excluding steroid dienone is 1. The van der Waals surface area contributed by atoms with Crippen LogP contribution >= 0.6 is 27.3 Å². The SMILES string of the molecule is CCOC(=O)C1=C(C)N=c2s/c(=C/c3ccc(OCc4ccccc4C#N)c(Br)c3)c(=O)n2[C@@H]1c1ccc(C)c([N+](=O)[O-])c1. The molecule has 0 fully saturated rings. The molecule has 0 amide bonds. The largest absolute Gasteiger partial charge is 0.488 e. The van der Waals surface area contributed by atoms with E-state index in [4.69, 9.17) is 9.47 Å². The van der Waals surface area contributed by atoms with Crippen LogP contribution in [-0.4, -0.2) is 22.1 Å². The molecule has 0 aliphatic carbocycles. The zero-order chi connectivity index (χ0) is 31.5. The van der Waals surface area contributed by atoms with Crippen molar-refractivity contribution in [1.82, 2.24) is 4.57 Å². The molecule has 0 radical (unpaired) electrons. The summed E-state index contributed by atoms with van der Waals surface area (Å²) in [5.41, 5.74) is 2.85. The zero-order valence-corrected chi connectivity index (χ0v) is 26.3. The van der Waals surface area contributed by atoms with Crippen molar-refractivity contribution in [2.75, 3.05) is 6.61 Å². The van der Waals surface area contributed by atoms with Crippen LogP contribution in [0.2, 0.25) is 0 Å². The van der Waals surface area contributed by atoms with Gasteiger partial charge in [0.2, 0.25) is 0 Å². The summed E-state index contributed by atoms with van der Waals surface area (Å²) in [6.45, 7) is 5.28. The lowest BCUT2D eigenvalue weighted by molar-refractivity contribution is -0.385.